The second-order valence-electron chi connectivity index (χ2n) is 8.33. The average molecular weight is 480 g/mol. The van der Waals surface area contributed by atoms with Gasteiger partial charge in [0.25, 0.3) is 17.4 Å². The minimum Gasteiger partial charge on any atom is -0.341 e. The molecule has 0 aliphatic heterocycles. The standard InChI is InChI=1S/C28H25N5O3/c1-3-32-23-12-8-7-9-19(23)22-17-18(13-15-24(22)32)14-16-25(34)29-30-27(35)26-20-10-5-6-11-21(20)28(36)33(4-2)31-26/h5-17H,3-4H2,1-2H3,(H,29,34)(H,30,35)/b16-14+. The van der Waals surface area contributed by atoms with E-state index in [1.807, 2.05) is 18.2 Å². The lowest BCUT2D eigenvalue weighted by molar-refractivity contribution is -0.117. The zero-order chi connectivity index (χ0) is 25.2. The molecule has 0 atom stereocenters. The summed E-state index contributed by atoms with van der Waals surface area (Å²) in [6, 6.07) is 21.1. The molecule has 2 heterocycles. The summed E-state index contributed by atoms with van der Waals surface area (Å²) in [6.45, 7) is 5.07. The van der Waals surface area contributed by atoms with Crippen molar-refractivity contribution in [2.45, 2.75) is 26.9 Å². The predicted octanol–water partition coefficient (Wildman–Crippen LogP) is 4.02. The Morgan fingerprint density at radius 2 is 1.53 bits per heavy atom. The number of nitrogens with zero attached hydrogens (tertiary/aromatic N) is 3. The molecule has 8 nitrogen and oxygen atoms in total. The fraction of sp³-hybridized carbons (Fsp3) is 0.143. The molecule has 0 bridgehead atoms. The molecule has 0 radical (unpaired) electrons. The Morgan fingerprint density at radius 3 is 2.28 bits per heavy atom. The summed E-state index contributed by atoms with van der Waals surface area (Å²) in [7, 11) is 0. The molecule has 8 heteroatoms. The molecule has 36 heavy (non-hydrogen) atoms. The molecular weight excluding hydrogens is 454 g/mol. The van der Waals surface area contributed by atoms with E-state index in [-0.39, 0.29) is 11.3 Å². The minimum absolute atomic E-state index is 0.0640. The summed E-state index contributed by atoms with van der Waals surface area (Å²) >= 11 is 0. The summed E-state index contributed by atoms with van der Waals surface area (Å²) in [5, 5.41) is 7.27. The van der Waals surface area contributed by atoms with Gasteiger partial charge in [0, 0.05) is 46.4 Å². The van der Waals surface area contributed by atoms with E-state index in [2.05, 4.69) is 51.7 Å². The summed E-state index contributed by atoms with van der Waals surface area (Å²) in [4.78, 5) is 37.7. The van der Waals surface area contributed by atoms with Crippen molar-refractivity contribution >= 4 is 50.5 Å². The molecule has 2 N–H and O–H groups in total. The molecule has 180 valence electrons. The van der Waals surface area contributed by atoms with Crippen molar-refractivity contribution in [1.82, 2.24) is 25.2 Å². The lowest BCUT2D eigenvalue weighted by Gasteiger charge is -2.10. The van der Waals surface area contributed by atoms with Gasteiger partial charge in [-0.05, 0) is 49.8 Å². The number of fused-ring (bicyclic) bond motifs is 4. The number of carbonyl (C=O) groups excluding carboxylic acids is 2. The Bertz CT molecular complexity index is 1730. The maximum atomic E-state index is 12.8. The first kappa shape index (κ1) is 23.0. The maximum absolute atomic E-state index is 12.8. The van der Waals surface area contributed by atoms with Crippen molar-refractivity contribution in [3.05, 3.63) is 94.4 Å². The highest BCUT2D eigenvalue weighted by Gasteiger charge is 2.16. The van der Waals surface area contributed by atoms with Crippen LogP contribution in [-0.4, -0.2) is 26.2 Å². The van der Waals surface area contributed by atoms with E-state index < -0.39 is 11.8 Å². The predicted molar refractivity (Wildman–Crippen MR) is 141 cm³/mol. The van der Waals surface area contributed by atoms with Crippen LogP contribution < -0.4 is 16.4 Å². The van der Waals surface area contributed by atoms with E-state index in [0.29, 0.717) is 17.3 Å². The van der Waals surface area contributed by atoms with E-state index >= 15 is 0 Å². The van der Waals surface area contributed by atoms with Gasteiger partial charge in [0.2, 0.25) is 0 Å². The highest BCUT2D eigenvalue weighted by molar-refractivity contribution is 6.09. The average Bonchev–Trinajstić information content (AvgIpc) is 3.24. The van der Waals surface area contributed by atoms with Crippen LogP contribution in [0, 0.1) is 0 Å². The number of amides is 2. The largest absolute Gasteiger partial charge is 0.341 e. The van der Waals surface area contributed by atoms with Crippen LogP contribution in [0.25, 0.3) is 38.7 Å². The number of hydrazine groups is 1. The minimum atomic E-state index is -0.607. The number of aryl methyl sites for hydroxylation is 2. The zero-order valence-electron chi connectivity index (χ0n) is 20.0. The van der Waals surface area contributed by atoms with Gasteiger partial charge in [-0.25, -0.2) is 4.68 Å². The number of rotatable bonds is 5. The third-order valence-electron chi connectivity index (χ3n) is 6.22. The van der Waals surface area contributed by atoms with Gasteiger partial charge in [0.1, 0.15) is 0 Å². The van der Waals surface area contributed by atoms with Crippen molar-refractivity contribution in [3.63, 3.8) is 0 Å². The molecule has 0 aliphatic carbocycles. The van der Waals surface area contributed by atoms with Gasteiger partial charge in [0.15, 0.2) is 5.69 Å². The first-order chi connectivity index (χ1) is 17.5. The Balaban J connectivity index is 1.34. The highest BCUT2D eigenvalue weighted by Crippen LogP contribution is 2.29. The van der Waals surface area contributed by atoms with Crippen LogP contribution in [0.5, 0.6) is 0 Å². The van der Waals surface area contributed by atoms with Crippen molar-refractivity contribution in [3.8, 4) is 0 Å². The van der Waals surface area contributed by atoms with Gasteiger partial charge < -0.3 is 4.57 Å². The third-order valence-corrected chi connectivity index (χ3v) is 6.22. The van der Waals surface area contributed by atoms with Crippen LogP contribution in [0.3, 0.4) is 0 Å². The molecule has 2 amide bonds. The summed E-state index contributed by atoms with van der Waals surface area (Å²) in [5.41, 5.74) is 7.76. The third kappa shape index (κ3) is 4.02. The van der Waals surface area contributed by atoms with E-state index in [1.165, 1.54) is 16.3 Å². The molecule has 2 aromatic heterocycles. The van der Waals surface area contributed by atoms with E-state index in [9.17, 15) is 14.4 Å². The first-order valence-corrected chi connectivity index (χ1v) is 11.8. The number of para-hydroxylation sites is 1. The fourth-order valence-corrected chi connectivity index (χ4v) is 4.52. The molecule has 0 spiro atoms. The molecule has 0 saturated carbocycles. The lowest BCUT2D eigenvalue weighted by atomic mass is 10.1. The number of carbonyl (C=O) groups is 2. The van der Waals surface area contributed by atoms with Gasteiger partial charge >= 0.3 is 0 Å². The van der Waals surface area contributed by atoms with Crippen molar-refractivity contribution in [1.29, 1.82) is 0 Å². The lowest BCUT2D eigenvalue weighted by Crippen LogP contribution is -2.42. The van der Waals surface area contributed by atoms with E-state index in [1.54, 1.807) is 37.3 Å². The van der Waals surface area contributed by atoms with Crippen LogP contribution in [0.15, 0.2) is 77.6 Å². The molecule has 0 saturated heterocycles. The Morgan fingerprint density at radius 1 is 0.833 bits per heavy atom. The van der Waals surface area contributed by atoms with E-state index in [0.717, 1.165) is 28.4 Å². The van der Waals surface area contributed by atoms with Gasteiger partial charge in [-0.2, -0.15) is 5.10 Å². The van der Waals surface area contributed by atoms with Crippen molar-refractivity contribution in [2.75, 3.05) is 0 Å². The summed E-state index contributed by atoms with van der Waals surface area (Å²) in [5.74, 6) is -1.10. The van der Waals surface area contributed by atoms with E-state index in [4.69, 9.17) is 0 Å². The molecule has 5 aromatic rings. The Labute approximate surface area is 206 Å². The van der Waals surface area contributed by atoms with Crippen molar-refractivity contribution < 1.29 is 9.59 Å². The first-order valence-electron chi connectivity index (χ1n) is 11.8. The summed E-state index contributed by atoms with van der Waals surface area (Å²) in [6.07, 6.45) is 3.06. The number of nitrogens with one attached hydrogen (secondary N) is 2. The van der Waals surface area contributed by atoms with Gasteiger partial charge in [-0.3, -0.25) is 25.2 Å². The monoisotopic (exact) mass is 479 g/mol. The highest BCUT2D eigenvalue weighted by atomic mass is 16.2. The molecule has 0 fully saturated rings. The van der Waals surface area contributed by atoms with Gasteiger partial charge in [-0.15, -0.1) is 0 Å². The van der Waals surface area contributed by atoms with Crippen LogP contribution in [0.1, 0.15) is 29.9 Å². The van der Waals surface area contributed by atoms with Crippen LogP contribution in [0.4, 0.5) is 0 Å². The fourth-order valence-electron chi connectivity index (χ4n) is 4.52. The second-order valence-corrected chi connectivity index (χ2v) is 8.33. The Hall–Kier alpha value is -4.72. The van der Waals surface area contributed by atoms with Gasteiger partial charge in [0.05, 0.1) is 5.39 Å². The molecular formula is C28H25N5O3. The number of aromatic nitrogens is 3. The van der Waals surface area contributed by atoms with Gasteiger partial charge in [-0.1, -0.05) is 42.5 Å². The van der Waals surface area contributed by atoms with Crippen LogP contribution >= 0.6 is 0 Å². The topological polar surface area (TPSA) is 98.0 Å². The zero-order valence-corrected chi connectivity index (χ0v) is 20.0. The van der Waals surface area contributed by atoms with Crippen molar-refractivity contribution in [2.24, 2.45) is 0 Å². The Kier molecular flexibility index (Phi) is 6.08. The van der Waals surface area contributed by atoms with Crippen LogP contribution in [0.2, 0.25) is 0 Å². The quantitative estimate of drug-likeness (QED) is 0.294. The molecule has 5 rings (SSSR count). The maximum Gasteiger partial charge on any atom is 0.290 e. The molecule has 3 aromatic carbocycles. The molecule has 0 unspecified atom stereocenters. The van der Waals surface area contributed by atoms with Crippen LogP contribution in [-0.2, 0) is 17.9 Å². The normalized spacial score (nSPS) is 11.5. The number of hydrogen-bond donors (Lipinski definition) is 2. The smallest absolute Gasteiger partial charge is 0.290 e. The number of hydrogen-bond acceptors (Lipinski definition) is 4. The second kappa shape index (κ2) is 9.50. The summed E-state index contributed by atoms with van der Waals surface area (Å²) < 4.78 is 3.49. The number of benzene rings is 3. The molecule has 0 aliphatic rings. The SMILES string of the molecule is CCn1nc(C(=O)NNC(=O)/C=C/c2ccc3c(c2)c2ccccc2n3CC)c2ccccc2c1=O.